The molecule has 2 aromatic heterocycles. The maximum absolute atomic E-state index is 13.5. The van der Waals surface area contributed by atoms with Crippen molar-refractivity contribution in [3.8, 4) is 11.3 Å². The highest BCUT2D eigenvalue weighted by molar-refractivity contribution is 7.15. The maximum Gasteiger partial charge on any atom is 0.271 e. The molecule has 3 heterocycles. The Kier molecular flexibility index (Phi) is 4.20. The lowest BCUT2D eigenvalue weighted by atomic mass is 10.2. The number of carbonyl (C=O) groups excluding carboxylic acids is 2. The molecule has 6 nitrogen and oxygen atoms in total. The van der Waals surface area contributed by atoms with Gasteiger partial charge in [-0.05, 0) is 18.6 Å². The topological polar surface area (TPSA) is 66.7 Å². The van der Waals surface area contributed by atoms with E-state index in [1.807, 2.05) is 0 Å². The molecule has 3 aromatic rings. The summed E-state index contributed by atoms with van der Waals surface area (Å²) in [4.78, 5) is 31.0. The monoisotopic (exact) mass is 372 g/mol. The molecule has 0 aliphatic carbocycles. The zero-order chi connectivity index (χ0) is 18.3. The number of hydrogen-bond donors (Lipinski definition) is 1. The van der Waals surface area contributed by atoms with Crippen LogP contribution in [0.25, 0.3) is 16.2 Å². The number of aromatic nitrogens is 2. The zero-order valence-electron chi connectivity index (χ0n) is 14.1. The molecular weight excluding hydrogens is 355 g/mol. The van der Waals surface area contributed by atoms with Crippen LogP contribution in [-0.4, -0.2) is 45.2 Å². The Balaban J connectivity index is 1.59. The van der Waals surface area contributed by atoms with Crippen LogP contribution in [0.2, 0.25) is 0 Å². The highest BCUT2D eigenvalue weighted by atomic mass is 32.1. The van der Waals surface area contributed by atoms with E-state index < -0.39 is 0 Å². The first-order valence-corrected chi connectivity index (χ1v) is 9.18. The number of benzene rings is 1. The fraction of sp³-hybridized carbons (Fsp3) is 0.278. The second-order valence-electron chi connectivity index (χ2n) is 6.35. The van der Waals surface area contributed by atoms with Crippen molar-refractivity contribution in [2.75, 3.05) is 13.1 Å². The average molecular weight is 372 g/mol. The number of carbonyl (C=O) groups is 2. The molecule has 0 saturated carbocycles. The summed E-state index contributed by atoms with van der Waals surface area (Å²) in [6.07, 6.45) is 2.51. The molecule has 0 spiro atoms. The molecule has 0 radical (unpaired) electrons. The van der Waals surface area contributed by atoms with Crippen molar-refractivity contribution in [1.82, 2.24) is 19.6 Å². The van der Waals surface area contributed by atoms with Gasteiger partial charge >= 0.3 is 0 Å². The molecule has 26 heavy (non-hydrogen) atoms. The van der Waals surface area contributed by atoms with Gasteiger partial charge in [0.25, 0.3) is 5.91 Å². The third-order valence-corrected chi connectivity index (χ3v) is 5.27. The third-order valence-electron chi connectivity index (χ3n) is 4.43. The van der Waals surface area contributed by atoms with E-state index >= 15 is 0 Å². The average Bonchev–Trinajstić information content (AvgIpc) is 3.28. The number of fused-ring (bicyclic) bond motifs is 1. The fourth-order valence-corrected chi connectivity index (χ4v) is 4.08. The van der Waals surface area contributed by atoms with Crippen LogP contribution in [0, 0.1) is 5.82 Å². The Morgan fingerprint density at radius 1 is 1.38 bits per heavy atom. The van der Waals surface area contributed by atoms with Gasteiger partial charge in [-0.2, -0.15) is 0 Å². The van der Waals surface area contributed by atoms with Gasteiger partial charge in [-0.25, -0.2) is 9.37 Å². The SMILES string of the molecule is CC(=O)N[C@@H]1CCN(C(=O)c2csc3nc(-c4cccc(F)c4)cn23)C1. The van der Waals surface area contributed by atoms with Crippen LogP contribution in [0.3, 0.4) is 0 Å². The molecule has 1 aliphatic heterocycles. The summed E-state index contributed by atoms with van der Waals surface area (Å²) in [7, 11) is 0. The van der Waals surface area contributed by atoms with Crippen LogP contribution in [0.1, 0.15) is 23.8 Å². The summed E-state index contributed by atoms with van der Waals surface area (Å²) in [6, 6.07) is 6.23. The summed E-state index contributed by atoms with van der Waals surface area (Å²) in [5, 5.41) is 4.64. The number of amides is 2. The maximum atomic E-state index is 13.5. The molecule has 134 valence electrons. The highest BCUT2D eigenvalue weighted by Gasteiger charge is 2.29. The van der Waals surface area contributed by atoms with Gasteiger partial charge in [-0.15, -0.1) is 11.3 Å². The third kappa shape index (κ3) is 3.08. The van der Waals surface area contributed by atoms with E-state index in [1.54, 1.807) is 33.0 Å². The van der Waals surface area contributed by atoms with E-state index in [0.717, 1.165) is 6.42 Å². The van der Waals surface area contributed by atoms with Gasteiger partial charge in [0.15, 0.2) is 4.96 Å². The van der Waals surface area contributed by atoms with Gasteiger partial charge in [0.2, 0.25) is 5.91 Å². The molecule has 1 N–H and O–H groups in total. The zero-order valence-corrected chi connectivity index (χ0v) is 14.9. The smallest absolute Gasteiger partial charge is 0.271 e. The van der Waals surface area contributed by atoms with Gasteiger partial charge in [-0.3, -0.25) is 14.0 Å². The number of hydrogen-bond acceptors (Lipinski definition) is 4. The van der Waals surface area contributed by atoms with Crippen molar-refractivity contribution < 1.29 is 14.0 Å². The number of nitrogens with one attached hydrogen (secondary N) is 1. The van der Waals surface area contributed by atoms with Crippen LogP contribution in [0.15, 0.2) is 35.8 Å². The number of imidazole rings is 1. The molecule has 0 unspecified atom stereocenters. The second-order valence-corrected chi connectivity index (χ2v) is 7.18. The standard InChI is InChI=1S/C18H17FN4O2S/c1-11(24)20-14-5-6-22(8-14)17(25)16-10-26-18-21-15(9-23(16)18)12-3-2-4-13(19)7-12/h2-4,7,9-10,14H,5-6,8H2,1H3,(H,20,24)/t14-/m1/s1. The Morgan fingerprint density at radius 3 is 3.00 bits per heavy atom. The lowest BCUT2D eigenvalue weighted by molar-refractivity contribution is -0.119. The lowest BCUT2D eigenvalue weighted by Crippen LogP contribution is -2.37. The minimum absolute atomic E-state index is 0.00350. The Labute approximate surface area is 153 Å². The fourth-order valence-electron chi connectivity index (χ4n) is 3.24. The second kappa shape index (κ2) is 6.53. The van der Waals surface area contributed by atoms with Gasteiger partial charge in [0.05, 0.1) is 5.69 Å². The van der Waals surface area contributed by atoms with Gasteiger partial charge in [-0.1, -0.05) is 12.1 Å². The van der Waals surface area contributed by atoms with Gasteiger partial charge < -0.3 is 10.2 Å². The van der Waals surface area contributed by atoms with Crippen molar-refractivity contribution >= 4 is 28.1 Å². The minimum atomic E-state index is -0.323. The summed E-state index contributed by atoms with van der Waals surface area (Å²) < 4.78 is 15.2. The molecule has 1 aliphatic rings. The summed E-state index contributed by atoms with van der Waals surface area (Å²) in [5.74, 6) is -0.500. The van der Waals surface area contributed by atoms with Crippen LogP contribution in [0.4, 0.5) is 4.39 Å². The summed E-state index contributed by atoms with van der Waals surface area (Å²) >= 11 is 1.37. The predicted octanol–water partition coefficient (Wildman–Crippen LogP) is 2.55. The molecular formula is C18H17FN4O2S. The van der Waals surface area contributed by atoms with Crippen LogP contribution >= 0.6 is 11.3 Å². The number of nitrogens with zero attached hydrogens (tertiary/aromatic N) is 3. The number of thiazole rings is 1. The van der Waals surface area contributed by atoms with Crippen molar-refractivity contribution in [2.45, 2.75) is 19.4 Å². The number of rotatable bonds is 3. The molecule has 8 heteroatoms. The van der Waals surface area contributed by atoms with E-state index in [0.29, 0.717) is 35.0 Å². The van der Waals surface area contributed by atoms with E-state index in [1.165, 1.54) is 30.4 Å². The Hall–Kier alpha value is -2.74. The summed E-state index contributed by atoms with van der Waals surface area (Å²) in [6.45, 7) is 2.58. The van der Waals surface area contributed by atoms with Gasteiger partial charge in [0.1, 0.15) is 11.5 Å². The van der Waals surface area contributed by atoms with Crippen molar-refractivity contribution in [2.24, 2.45) is 0 Å². The van der Waals surface area contributed by atoms with Crippen molar-refractivity contribution in [3.63, 3.8) is 0 Å². The van der Waals surface area contributed by atoms with E-state index in [4.69, 9.17) is 0 Å². The molecule has 1 saturated heterocycles. The highest BCUT2D eigenvalue weighted by Crippen LogP contribution is 2.25. The minimum Gasteiger partial charge on any atom is -0.352 e. The van der Waals surface area contributed by atoms with Crippen LogP contribution in [-0.2, 0) is 4.79 Å². The molecule has 4 rings (SSSR count). The first-order valence-electron chi connectivity index (χ1n) is 8.30. The number of halogens is 1. The largest absolute Gasteiger partial charge is 0.352 e. The van der Waals surface area contributed by atoms with E-state index in [-0.39, 0.29) is 23.7 Å². The Morgan fingerprint density at radius 2 is 2.23 bits per heavy atom. The van der Waals surface area contributed by atoms with Crippen molar-refractivity contribution in [1.29, 1.82) is 0 Å². The van der Waals surface area contributed by atoms with Crippen LogP contribution < -0.4 is 5.32 Å². The molecule has 0 bridgehead atoms. The van der Waals surface area contributed by atoms with E-state index in [9.17, 15) is 14.0 Å². The van der Waals surface area contributed by atoms with Crippen LogP contribution in [0.5, 0.6) is 0 Å². The molecule has 2 amide bonds. The van der Waals surface area contributed by atoms with E-state index in [2.05, 4.69) is 10.3 Å². The molecule has 1 atom stereocenters. The predicted molar refractivity (Wildman–Crippen MR) is 96.6 cm³/mol. The first-order chi connectivity index (χ1) is 12.5. The van der Waals surface area contributed by atoms with Crippen molar-refractivity contribution in [3.05, 3.63) is 47.4 Å². The quantitative estimate of drug-likeness (QED) is 0.768. The first kappa shape index (κ1) is 16.7. The van der Waals surface area contributed by atoms with Gasteiger partial charge in [0, 0.05) is 43.2 Å². The summed E-state index contributed by atoms with van der Waals surface area (Å²) in [5.41, 5.74) is 1.83. The Bertz CT molecular complexity index is 996. The normalized spacial score (nSPS) is 17.0. The molecule has 1 fully saturated rings. The molecule has 1 aromatic carbocycles. The number of likely N-dealkylation sites (tertiary alicyclic amines) is 1. The lowest BCUT2D eigenvalue weighted by Gasteiger charge is -2.16.